The molecule has 1 N–H and O–H groups in total. The lowest BCUT2D eigenvalue weighted by Gasteiger charge is -2.09. The van der Waals surface area contributed by atoms with Gasteiger partial charge in [0.2, 0.25) is 5.89 Å². The van der Waals surface area contributed by atoms with Gasteiger partial charge in [-0.1, -0.05) is 24.3 Å². The molecule has 154 valence electrons. The van der Waals surface area contributed by atoms with Crippen molar-refractivity contribution in [1.82, 2.24) is 4.98 Å². The Balaban J connectivity index is 1.61. The molecule has 0 atom stereocenters. The average Bonchev–Trinajstić information content (AvgIpc) is 3.29. The maximum absolute atomic E-state index is 13.0. The Morgan fingerprint density at radius 2 is 1.74 bits per heavy atom. The van der Waals surface area contributed by atoms with E-state index < -0.39 is 0 Å². The monoisotopic (exact) mass is 412 g/mol. The highest BCUT2D eigenvalue weighted by Crippen LogP contribution is 2.29. The molecule has 0 unspecified atom stereocenters. The van der Waals surface area contributed by atoms with E-state index in [1.807, 2.05) is 30.3 Å². The fourth-order valence-electron chi connectivity index (χ4n) is 3.17. The highest BCUT2D eigenvalue weighted by atomic mass is 16.5. The standard InChI is InChI=1S/C25H20N2O4/c1-16(28)18-6-5-7-19(14-18)27-24(29)21-8-3-4-9-22(21)25-26-15-23(31-25)17-10-12-20(30-2)13-11-17/h3-15H,1-2H3,(H,27,29). The van der Waals surface area contributed by atoms with Crippen molar-refractivity contribution >= 4 is 17.4 Å². The Bertz CT molecular complexity index is 1240. The Morgan fingerprint density at radius 3 is 2.48 bits per heavy atom. The number of hydrogen-bond donors (Lipinski definition) is 1. The molecule has 0 aliphatic carbocycles. The Hall–Kier alpha value is -4.19. The summed E-state index contributed by atoms with van der Waals surface area (Å²) < 4.78 is 11.1. The predicted octanol–water partition coefficient (Wildman–Crippen LogP) is 5.47. The van der Waals surface area contributed by atoms with Crippen molar-refractivity contribution in [2.24, 2.45) is 0 Å². The summed E-state index contributed by atoms with van der Waals surface area (Å²) in [5, 5.41) is 2.84. The summed E-state index contributed by atoms with van der Waals surface area (Å²) in [7, 11) is 1.61. The van der Waals surface area contributed by atoms with Crippen molar-refractivity contribution < 1.29 is 18.7 Å². The number of ether oxygens (including phenoxy) is 1. The van der Waals surface area contributed by atoms with E-state index in [4.69, 9.17) is 9.15 Å². The molecular weight excluding hydrogens is 392 g/mol. The second-order valence-corrected chi connectivity index (χ2v) is 6.89. The topological polar surface area (TPSA) is 81.4 Å². The molecule has 0 saturated carbocycles. The number of Topliss-reactive ketones (excluding diaryl/α,β-unsaturated/α-hetero) is 1. The van der Waals surface area contributed by atoms with E-state index in [1.54, 1.807) is 55.8 Å². The first-order valence-electron chi connectivity index (χ1n) is 9.67. The summed E-state index contributed by atoms with van der Waals surface area (Å²) in [5.74, 6) is 1.29. The van der Waals surface area contributed by atoms with Crippen LogP contribution in [0.4, 0.5) is 5.69 Å². The molecule has 1 heterocycles. The molecule has 0 spiro atoms. The molecule has 0 aliphatic heterocycles. The number of methoxy groups -OCH3 is 1. The molecule has 4 rings (SSSR count). The zero-order chi connectivity index (χ0) is 21.8. The maximum Gasteiger partial charge on any atom is 0.256 e. The number of amides is 1. The van der Waals surface area contributed by atoms with E-state index in [9.17, 15) is 9.59 Å². The van der Waals surface area contributed by atoms with Crippen LogP contribution in [0.25, 0.3) is 22.8 Å². The van der Waals surface area contributed by atoms with Gasteiger partial charge in [0.15, 0.2) is 11.5 Å². The van der Waals surface area contributed by atoms with Crippen molar-refractivity contribution in [1.29, 1.82) is 0 Å². The van der Waals surface area contributed by atoms with E-state index in [0.29, 0.717) is 34.0 Å². The van der Waals surface area contributed by atoms with Crippen molar-refractivity contribution in [3.8, 4) is 28.5 Å². The van der Waals surface area contributed by atoms with Crippen LogP contribution >= 0.6 is 0 Å². The molecule has 0 bridgehead atoms. The summed E-state index contributed by atoms with van der Waals surface area (Å²) in [4.78, 5) is 28.9. The first-order valence-corrected chi connectivity index (χ1v) is 9.67. The molecular formula is C25H20N2O4. The molecule has 0 saturated heterocycles. The van der Waals surface area contributed by atoms with Gasteiger partial charge in [-0.25, -0.2) is 4.98 Å². The normalized spacial score (nSPS) is 10.5. The number of nitrogens with one attached hydrogen (secondary N) is 1. The molecule has 0 aliphatic rings. The minimum absolute atomic E-state index is 0.0673. The van der Waals surface area contributed by atoms with Crippen molar-refractivity contribution in [3.05, 3.63) is 90.1 Å². The van der Waals surface area contributed by atoms with Crippen LogP contribution in [0.5, 0.6) is 5.75 Å². The van der Waals surface area contributed by atoms with Gasteiger partial charge in [-0.2, -0.15) is 0 Å². The first kappa shape index (κ1) is 20.1. The zero-order valence-corrected chi connectivity index (χ0v) is 17.1. The number of ketones is 1. The quantitative estimate of drug-likeness (QED) is 0.425. The SMILES string of the molecule is COc1ccc(-c2cnc(-c3ccccc3C(=O)Nc3cccc(C(C)=O)c3)o2)cc1. The van der Waals surface area contributed by atoms with E-state index >= 15 is 0 Å². The molecule has 1 amide bonds. The molecule has 1 aromatic heterocycles. The van der Waals surface area contributed by atoms with Crippen molar-refractivity contribution in [2.45, 2.75) is 6.92 Å². The lowest BCUT2D eigenvalue weighted by atomic mass is 10.1. The Morgan fingerprint density at radius 1 is 0.968 bits per heavy atom. The van der Waals surface area contributed by atoms with Gasteiger partial charge >= 0.3 is 0 Å². The van der Waals surface area contributed by atoms with Crippen LogP contribution in [-0.2, 0) is 0 Å². The summed E-state index contributed by atoms with van der Waals surface area (Å²) in [6.45, 7) is 1.49. The second-order valence-electron chi connectivity index (χ2n) is 6.89. The van der Waals surface area contributed by atoms with Crippen molar-refractivity contribution in [2.75, 3.05) is 12.4 Å². The number of benzene rings is 3. The van der Waals surface area contributed by atoms with E-state index in [0.717, 1.165) is 11.3 Å². The Labute approximate surface area is 179 Å². The Kier molecular flexibility index (Phi) is 5.62. The molecule has 6 nitrogen and oxygen atoms in total. The van der Waals surface area contributed by atoms with Gasteiger partial charge in [-0.3, -0.25) is 9.59 Å². The van der Waals surface area contributed by atoms with Crippen LogP contribution in [0.1, 0.15) is 27.6 Å². The lowest BCUT2D eigenvalue weighted by Crippen LogP contribution is -2.13. The zero-order valence-electron chi connectivity index (χ0n) is 17.1. The first-order chi connectivity index (χ1) is 15.0. The summed E-state index contributed by atoms with van der Waals surface area (Å²) in [6, 6.07) is 21.3. The molecule has 4 aromatic rings. The summed E-state index contributed by atoms with van der Waals surface area (Å²) >= 11 is 0. The predicted molar refractivity (Wildman–Crippen MR) is 118 cm³/mol. The highest BCUT2D eigenvalue weighted by Gasteiger charge is 2.17. The van der Waals surface area contributed by atoms with Crippen LogP contribution in [-0.4, -0.2) is 23.8 Å². The van der Waals surface area contributed by atoms with Crippen LogP contribution in [0.2, 0.25) is 0 Å². The number of rotatable bonds is 6. The minimum atomic E-state index is -0.319. The molecule has 31 heavy (non-hydrogen) atoms. The molecule has 0 radical (unpaired) electrons. The fourth-order valence-corrected chi connectivity index (χ4v) is 3.17. The van der Waals surface area contributed by atoms with Gasteiger partial charge in [0, 0.05) is 22.4 Å². The fraction of sp³-hybridized carbons (Fsp3) is 0.0800. The van der Waals surface area contributed by atoms with Crippen LogP contribution < -0.4 is 10.1 Å². The summed E-state index contributed by atoms with van der Waals surface area (Å²) in [5.41, 5.74) is 2.91. The van der Waals surface area contributed by atoms with E-state index in [-0.39, 0.29) is 11.7 Å². The van der Waals surface area contributed by atoms with Crippen LogP contribution in [0.15, 0.2) is 83.4 Å². The number of hydrogen-bond acceptors (Lipinski definition) is 5. The molecule has 6 heteroatoms. The minimum Gasteiger partial charge on any atom is -0.497 e. The number of nitrogens with zero attached hydrogens (tertiary/aromatic N) is 1. The van der Waals surface area contributed by atoms with Gasteiger partial charge in [-0.05, 0) is 55.5 Å². The number of anilines is 1. The van der Waals surface area contributed by atoms with Crippen LogP contribution in [0, 0.1) is 0 Å². The average molecular weight is 412 g/mol. The van der Waals surface area contributed by atoms with E-state index in [2.05, 4.69) is 10.3 Å². The second kappa shape index (κ2) is 8.67. The number of carbonyl (C=O) groups excluding carboxylic acids is 2. The van der Waals surface area contributed by atoms with Crippen LogP contribution in [0.3, 0.4) is 0 Å². The van der Waals surface area contributed by atoms with Gasteiger partial charge in [0.1, 0.15) is 5.75 Å². The number of oxazole rings is 1. The summed E-state index contributed by atoms with van der Waals surface area (Å²) in [6.07, 6.45) is 1.63. The highest BCUT2D eigenvalue weighted by molar-refractivity contribution is 6.08. The van der Waals surface area contributed by atoms with Gasteiger partial charge in [0.05, 0.1) is 18.9 Å². The van der Waals surface area contributed by atoms with Gasteiger partial charge in [0.25, 0.3) is 5.91 Å². The molecule has 0 fully saturated rings. The lowest BCUT2D eigenvalue weighted by molar-refractivity contribution is 0.101. The smallest absolute Gasteiger partial charge is 0.256 e. The largest absolute Gasteiger partial charge is 0.497 e. The van der Waals surface area contributed by atoms with E-state index in [1.165, 1.54) is 6.92 Å². The third kappa shape index (κ3) is 4.38. The number of carbonyl (C=O) groups is 2. The van der Waals surface area contributed by atoms with Gasteiger partial charge < -0.3 is 14.5 Å². The third-order valence-corrected chi connectivity index (χ3v) is 4.81. The number of aromatic nitrogens is 1. The molecule has 3 aromatic carbocycles. The third-order valence-electron chi connectivity index (χ3n) is 4.81. The maximum atomic E-state index is 13.0. The van der Waals surface area contributed by atoms with Gasteiger partial charge in [-0.15, -0.1) is 0 Å². The van der Waals surface area contributed by atoms with Crippen molar-refractivity contribution in [3.63, 3.8) is 0 Å².